The molecule has 2 rings (SSSR count). The Hall–Kier alpha value is -2.35. The number of aromatic nitrogens is 3. The van der Waals surface area contributed by atoms with E-state index in [1.807, 2.05) is 25.5 Å². The summed E-state index contributed by atoms with van der Waals surface area (Å²) in [4.78, 5) is 6.44. The van der Waals surface area contributed by atoms with E-state index in [4.69, 9.17) is 5.26 Å². The minimum absolute atomic E-state index is 0.580. The van der Waals surface area contributed by atoms with E-state index in [9.17, 15) is 0 Å². The van der Waals surface area contributed by atoms with E-state index in [0.717, 1.165) is 24.5 Å². The fourth-order valence-electron chi connectivity index (χ4n) is 1.77. The van der Waals surface area contributed by atoms with Gasteiger partial charge in [-0.25, -0.2) is 4.98 Å². The van der Waals surface area contributed by atoms with Crippen molar-refractivity contribution in [3.8, 4) is 6.07 Å². The van der Waals surface area contributed by atoms with Crippen molar-refractivity contribution in [1.29, 1.82) is 5.26 Å². The van der Waals surface area contributed by atoms with E-state index < -0.39 is 0 Å². The van der Waals surface area contributed by atoms with E-state index in [1.165, 1.54) is 0 Å². The van der Waals surface area contributed by atoms with Crippen LogP contribution < -0.4 is 4.90 Å². The SMILES string of the molecule is CCN(Cc1cnn(C)c1)c1ccc(C#N)cn1. The van der Waals surface area contributed by atoms with Gasteiger partial charge in [-0.3, -0.25) is 4.68 Å². The summed E-state index contributed by atoms with van der Waals surface area (Å²) >= 11 is 0. The molecule has 0 aliphatic heterocycles. The van der Waals surface area contributed by atoms with Crippen molar-refractivity contribution in [3.63, 3.8) is 0 Å². The molecule has 0 N–H and O–H groups in total. The van der Waals surface area contributed by atoms with Crippen LogP contribution in [0, 0.1) is 11.3 Å². The number of anilines is 1. The second kappa shape index (κ2) is 5.32. The lowest BCUT2D eigenvalue weighted by atomic mass is 10.3. The van der Waals surface area contributed by atoms with E-state index in [-0.39, 0.29) is 0 Å². The number of rotatable bonds is 4. The molecule has 0 radical (unpaired) electrons. The van der Waals surface area contributed by atoms with Crippen molar-refractivity contribution in [2.45, 2.75) is 13.5 Å². The standard InChI is InChI=1S/C13H15N5/c1-3-18(10-12-8-16-17(2)9-12)13-5-4-11(6-14)7-15-13/h4-5,7-9H,3,10H2,1-2H3. The Morgan fingerprint density at radius 3 is 2.72 bits per heavy atom. The molecule has 0 unspecified atom stereocenters. The highest BCUT2D eigenvalue weighted by molar-refractivity contribution is 5.42. The Morgan fingerprint density at radius 1 is 1.39 bits per heavy atom. The van der Waals surface area contributed by atoms with Gasteiger partial charge < -0.3 is 4.90 Å². The maximum Gasteiger partial charge on any atom is 0.128 e. The third-order valence-electron chi connectivity index (χ3n) is 2.71. The van der Waals surface area contributed by atoms with Crippen LogP contribution in [0.1, 0.15) is 18.1 Å². The number of nitriles is 1. The van der Waals surface area contributed by atoms with Gasteiger partial charge >= 0.3 is 0 Å². The maximum atomic E-state index is 8.75. The van der Waals surface area contributed by atoms with Crippen molar-refractivity contribution in [2.75, 3.05) is 11.4 Å². The lowest BCUT2D eigenvalue weighted by Crippen LogP contribution is -2.22. The molecular weight excluding hydrogens is 226 g/mol. The number of hydrogen-bond donors (Lipinski definition) is 0. The van der Waals surface area contributed by atoms with Crippen molar-refractivity contribution in [3.05, 3.63) is 41.9 Å². The van der Waals surface area contributed by atoms with E-state index in [2.05, 4.69) is 28.0 Å². The highest BCUT2D eigenvalue weighted by Gasteiger charge is 2.07. The highest BCUT2D eigenvalue weighted by atomic mass is 15.2. The molecule has 18 heavy (non-hydrogen) atoms. The van der Waals surface area contributed by atoms with Gasteiger partial charge in [-0.05, 0) is 19.1 Å². The van der Waals surface area contributed by atoms with E-state index >= 15 is 0 Å². The summed E-state index contributed by atoms with van der Waals surface area (Å²) in [7, 11) is 1.90. The molecular formula is C13H15N5. The largest absolute Gasteiger partial charge is 0.352 e. The van der Waals surface area contributed by atoms with Crippen LogP contribution in [0.4, 0.5) is 5.82 Å². The average molecular weight is 241 g/mol. The van der Waals surface area contributed by atoms with Crippen molar-refractivity contribution < 1.29 is 0 Å². The lowest BCUT2D eigenvalue weighted by molar-refractivity contribution is 0.764. The Labute approximate surface area is 106 Å². The first kappa shape index (κ1) is 12.1. The number of nitrogens with zero attached hydrogens (tertiary/aromatic N) is 5. The zero-order chi connectivity index (χ0) is 13.0. The van der Waals surface area contributed by atoms with Crippen molar-refractivity contribution in [1.82, 2.24) is 14.8 Å². The molecule has 2 aromatic heterocycles. The molecule has 0 saturated carbocycles. The Morgan fingerprint density at radius 2 is 2.22 bits per heavy atom. The molecule has 0 spiro atoms. The van der Waals surface area contributed by atoms with Gasteiger partial charge in [-0.2, -0.15) is 10.4 Å². The summed E-state index contributed by atoms with van der Waals surface area (Å²) in [5, 5.41) is 12.9. The Bertz CT molecular complexity index is 550. The van der Waals surface area contributed by atoms with Crippen LogP contribution in [0.5, 0.6) is 0 Å². The monoisotopic (exact) mass is 241 g/mol. The predicted octanol–water partition coefficient (Wildman–Crippen LogP) is 1.71. The Kier molecular flexibility index (Phi) is 3.58. The molecule has 5 heteroatoms. The fraction of sp³-hybridized carbons (Fsp3) is 0.308. The average Bonchev–Trinajstić information content (AvgIpc) is 2.82. The van der Waals surface area contributed by atoms with E-state index in [0.29, 0.717) is 5.56 Å². The molecule has 2 aromatic rings. The molecule has 0 saturated heterocycles. The molecule has 0 aliphatic rings. The highest BCUT2D eigenvalue weighted by Crippen LogP contribution is 2.14. The summed E-state index contributed by atoms with van der Waals surface area (Å²) < 4.78 is 1.79. The minimum atomic E-state index is 0.580. The predicted molar refractivity (Wildman–Crippen MR) is 68.9 cm³/mol. The summed E-state index contributed by atoms with van der Waals surface area (Å²) in [6.07, 6.45) is 5.44. The smallest absolute Gasteiger partial charge is 0.128 e. The zero-order valence-electron chi connectivity index (χ0n) is 10.5. The van der Waals surface area contributed by atoms with Gasteiger partial charge in [0.1, 0.15) is 11.9 Å². The van der Waals surface area contributed by atoms with Gasteiger partial charge in [0.2, 0.25) is 0 Å². The van der Waals surface area contributed by atoms with Crippen LogP contribution in [0.2, 0.25) is 0 Å². The van der Waals surface area contributed by atoms with Gasteiger partial charge in [0.05, 0.1) is 11.8 Å². The summed E-state index contributed by atoms with van der Waals surface area (Å²) in [6.45, 7) is 3.70. The van der Waals surface area contributed by atoms with Crippen molar-refractivity contribution >= 4 is 5.82 Å². The Balaban J connectivity index is 2.15. The number of aryl methyl sites for hydroxylation is 1. The number of pyridine rings is 1. The zero-order valence-corrected chi connectivity index (χ0v) is 10.5. The normalized spacial score (nSPS) is 10.1. The quantitative estimate of drug-likeness (QED) is 0.817. The van der Waals surface area contributed by atoms with Crippen LogP contribution in [0.15, 0.2) is 30.7 Å². The van der Waals surface area contributed by atoms with Gasteiger partial charge in [-0.15, -0.1) is 0 Å². The summed E-state index contributed by atoms with van der Waals surface area (Å²) in [6, 6.07) is 5.73. The van der Waals surface area contributed by atoms with Crippen molar-refractivity contribution in [2.24, 2.45) is 7.05 Å². The lowest BCUT2D eigenvalue weighted by Gasteiger charge is -2.20. The third-order valence-corrected chi connectivity index (χ3v) is 2.71. The molecule has 0 amide bonds. The summed E-state index contributed by atoms with van der Waals surface area (Å²) in [5.74, 6) is 0.875. The van der Waals surface area contributed by atoms with Crippen LogP contribution in [0.25, 0.3) is 0 Å². The number of hydrogen-bond acceptors (Lipinski definition) is 4. The molecule has 0 aromatic carbocycles. The van der Waals surface area contributed by atoms with Gasteiger partial charge in [-0.1, -0.05) is 0 Å². The molecule has 92 valence electrons. The molecule has 0 aliphatic carbocycles. The molecule has 2 heterocycles. The van der Waals surface area contributed by atoms with Crippen LogP contribution in [-0.2, 0) is 13.6 Å². The molecule has 0 bridgehead atoms. The van der Waals surface area contributed by atoms with Gasteiger partial charge in [0, 0.05) is 38.1 Å². The first-order chi connectivity index (χ1) is 8.72. The van der Waals surface area contributed by atoms with Crippen LogP contribution in [-0.4, -0.2) is 21.3 Å². The topological polar surface area (TPSA) is 57.7 Å². The second-order valence-corrected chi connectivity index (χ2v) is 4.05. The maximum absolute atomic E-state index is 8.75. The molecule has 0 atom stereocenters. The second-order valence-electron chi connectivity index (χ2n) is 4.05. The van der Waals surface area contributed by atoms with Gasteiger partial charge in [0.15, 0.2) is 0 Å². The fourth-order valence-corrected chi connectivity index (χ4v) is 1.77. The molecule has 0 fully saturated rings. The summed E-state index contributed by atoms with van der Waals surface area (Å²) in [5.41, 5.74) is 1.72. The molecule has 5 nitrogen and oxygen atoms in total. The van der Waals surface area contributed by atoms with Crippen LogP contribution >= 0.6 is 0 Å². The van der Waals surface area contributed by atoms with E-state index in [1.54, 1.807) is 16.9 Å². The minimum Gasteiger partial charge on any atom is -0.352 e. The van der Waals surface area contributed by atoms with Crippen LogP contribution in [0.3, 0.4) is 0 Å². The third kappa shape index (κ3) is 2.66. The van der Waals surface area contributed by atoms with Gasteiger partial charge in [0.25, 0.3) is 0 Å². The first-order valence-electron chi connectivity index (χ1n) is 5.81. The first-order valence-corrected chi connectivity index (χ1v) is 5.81.